The van der Waals surface area contributed by atoms with E-state index in [4.69, 9.17) is 0 Å². The van der Waals surface area contributed by atoms with E-state index >= 15 is 0 Å². The summed E-state index contributed by atoms with van der Waals surface area (Å²) in [6, 6.07) is 2.90. The van der Waals surface area contributed by atoms with E-state index in [1.165, 1.54) is 49.4 Å². The van der Waals surface area contributed by atoms with Gasteiger partial charge in [-0.05, 0) is 65.3 Å². The molecule has 19 heavy (non-hydrogen) atoms. The molecule has 2 heterocycles. The highest BCUT2D eigenvalue weighted by molar-refractivity contribution is 5.26. The van der Waals surface area contributed by atoms with Gasteiger partial charge in [0.2, 0.25) is 0 Å². The van der Waals surface area contributed by atoms with Crippen molar-refractivity contribution in [3.63, 3.8) is 0 Å². The second kappa shape index (κ2) is 6.58. The Balaban J connectivity index is 1.84. The lowest BCUT2D eigenvalue weighted by molar-refractivity contribution is 0.298. The van der Waals surface area contributed by atoms with Gasteiger partial charge in [-0.3, -0.25) is 0 Å². The molecule has 3 heteroatoms. The fourth-order valence-electron chi connectivity index (χ4n) is 3.24. The van der Waals surface area contributed by atoms with Crippen molar-refractivity contribution in [2.24, 2.45) is 0 Å². The molecule has 0 spiro atoms. The van der Waals surface area contributed by atoms with Crippen LogP contribution in [0, 0.1) is 13.8 Å². The minimum atomic E-state index is 0.572. The molecule has 1 unspecified atom stereocenters. The summed E-state index contributed by atoms with van der Waals surface area (Å²) >= 11 is 0. The van der Waals surface area contributed by atoms with Crippen molar-refractivity contribution in [2.75, 3.05) is 19.6 Å². The van der Waals surface area contributed by atoms with Crippen LogP contribution >= 0.6 is 0 Å². The molecule has 1 N–H and O–H groups in total. The van der Waals surface area contributed by atoms with Gasteiger partial charge in [-0.2, -0.15) is 0 Å². The molecule has 0 aliphatic carbocycles. The van der Waals surface area contributed by atoms with Gasteiger partial charge in [-0.25, -0.2) is 0 Å². The van der Waals surface area contributed by atoms with Crippen LogP contribution in [0.2, 0.25) is 0 Å². The predicted molar refractivity (Wildman–Crippen MR) is 81.6 cm³/mol. The Bertz CT molecular complexity index is 402. The van der Waals surface area contributed by atoms with Crippen LogP contribution in [0.15, 0.2) is 6.07 Å². The smallest absolute Gasteiger partial charge is 0.0226 e. The van der Waals surface area contributed by atoms with Crippen LogP contribution in [-0.4, -0.2) is 35.1 Å². The van der Waals surface area contributed by atoms with Crippen molar-refractivity contribution in [3.8, 4) is 0 Å². The molecule has 3 nitrogen and oxygen atoms in total. The van der Waals surface area contributed by atoms with E-state index in [1.54, 1.807) is 0 Å². The normalized spacial score (nSPS) is 18.1. The highest BCUT2D eigenvalue weighted by atomic mass is 15.2. The van der Waals surface area contributed by atoms with E-state index in [0.717, 1.165) is 13.1 Å². The maximum atomic E-state index is 3.68. The molecular weight excluding hydrogens is 234 g/mol. The number of nitrogens with one attached hydrogen (secondary N) is 1. The van der Waals surface area contributed by atoms with E-state index in [1.807, 2.05) is 0 Å². The molecular formula is C16H29N3. The van der Waals surface area contributed by atoms with Crippen LogP contribution in [0.5, 0.6) is 0 Å². The van der Waals surface area contributed by atoms with Gasteiger partial charge in [0.25, 0.3) is 0 Å². The van der Waals surface area contributed by atoms with Crippen LogP contribution in [-0.2, 0) is 13.1 Å². The zero-order chi connectivity index (χ0) is 13.8. The Hall–Kier alpha value is -0.800. The van der Waals surface area contributed by atoms with Crippen LogP contribution in [0.4, 0.5) is 0 Å². The molecule has 2 rings (SSSR count). The monoisotopic (exact) mass is 263 g/mol. The van der Waals surface area contributed by atoms with Crippen molar-refractivity contribution >= 4 is 0 Å². The maximum absolute atomic E-state index is 3.68. The van der Waals surface area contributed by atoms with Gasteiger partial charge >= 0.3 is 0 Å². The molecule has 1 saturated heterocycles. The standard InChI is InChI=1S/C16H29N3/c1-5-19-14(3)10-16(15(19)4)11-17-13(2)12-18-8-6-7-9-18/h10,13,17H,5-9,11-12H2,1-4H3. The summed E-state index contributed by atoms with van der Waals surface area (Å²) in [6.07, 6.45) is 2.76. The number of rotatable bonds is 6. The van der Waals surface area contributed by atoms with Gasteiger partial charge < -0.3 is 14.8 Å². The van der Waals surface area contributed by atoms with Gasteiger partial charge in [-0.15, -0.1) is 0 Å². The molecule has 1 aliphatic rings. The number of nitrogens with zero attached hydrogens (tertiary/aromatic N) is 2. The van der Waals surface area contributed by atoms with Gasteiger partial charge in [0.1, 0.15) is 0 Å². The van der Waals surface area contributed by atoms with Gasteiger partial charge in [0.05, 0.1) is 0 Å². The number of hydrogen-bond acceptors (Lipinski definition) is 2. The third-order valence-electron chi connectivity index (χ3n) is 4.37. The molecule has 0 bridgehead atoms. The van der Waals surface area contributed by atoms with E-state index in [-0.39, 0.29) is 0 Å². The Morgan fingerprint density at radius 2 is 1.95 bits per heavy atom. The number of likely N-dealkylation sites (tertiary alicyclic amines) is 1. The topological polar surface area (TPSA) is 20.2 Å². The molecule has 1 aromatic heterocycles. The largest absolute Gasteiger partial charge is 0.349 e. The Morgan fingerprint density at radius 1 is 1.26 bits per heavy atom. The van der Waals surface area contributed by atoms with Crippen molar-refractivity contribution in [1.82, 2.24) is 14.8 Å². The molecule has 1 fully saturated rings. The first kappa shape index (κ1) is 14.6. The summed E-state index contributed by atoms with van der Waals surface area (Å²) in [5.41, 5.74) is 4.25. The summed E-state index contributed by atoms with van der Waals surface area (Å²) < 4.78 is 2.39. The van der Waals surface area contributed by atoms with E-state index in [0.29, 0.717) is 6.04 Å². The average Bonchev–Trinajstić information content (AvgIpc) is 2.96. The zero-order valence-electron chi connectivity index (χ0n) is 13.0. The van der Waals surface area contributed by atoms with Crippen LogP contribution in [0.1, 0.15) is 43.6 Å². The fraction of sp³-hybridized carbons (Fsp3) is 0.750. The summed E-state index contributed by atoms with van der Waals surface area (Å²) in [7, 11) is 0. The third-order valence-corrected chi connectivity index (χ3v) is 4.37. The second-order valence-electron chi connectivity index (χ2n) is 5.93. The Labute approximate surface area is 118 Å². The van der Waals surface area contributed by atoms with Crippen molar-refractivity contribution in [1.29, 1.82) is 0 Å². The summed E-state index contributed by atoms with van der Waals surface area (Å²) in [6.45, 7) is 14.8. The first-order valence-corrected chi connectivity index (χ1v) is 7.73. The average molecular weight is 263 g/mol. The van der Waals surface area contributed by atoms with Crippen molar-refractivity contribution < 1.29 is 0 Å². The molecule has 0 amide bonds. The van der Waals surface area contributed by atoms with Gasteiger partial charge in [0, 0.05) is 37.1 Å². The first-order chi connectivity index (χ1) is 9.11. The minimum Gasteiger partial charge on any atom is -0.349 e. The van der Waals surface area contributed by atoms with E-state index in [2.05, 4.69) is 48.5 Å². The van der Waals surface area contributed by atoms with Crippen molar-refractivity contribution in [2.45, 2.75) is 59.7 Å². The van der Waals surface area contributed by atoms with Crippen LogP contribution < -0.4 is 5.32 Å². The van der Waals surface area contributed by atoms with Crippen LogP contribution in [0.3, 0.4) is 0 Å². The number of aryl methyl sites for hydroxylation is 1. The van der Waals surface area contributed by atoms with E-state index in [9.17, 15) is 0 Å². The van der Waals surface area contributed by atoms with Crippen molar-refractivity contribution in [3.05, 3.63) is 23.0 Å². The summed E-state index contributed by atoms with van der Waals surface area (Å²) in [5, 5.41) is 3.68. The SMILES string of the molecule is CCn1c(C)cc(CNC(C)CN2CCCC2)c1C. The van der Waals surface area contributed by atoms with Crippen LogP contribution in [0.25, 0.3) is 0 Å². The summed E-state index contributed by atoms with van der Waals surface area (Å²) in [5.74, 6) is 0. The lowest BCUT2D eigenvalue weighted by atomic mass is 10.2. The summed E-state index contributed by atoms with van der Waals surface area (Å²) in [4.78, 5) is 2.58. The van der Waals surface area contributed by atoms with Gasteiger partial charge in [0.15, 0.2) is 0 Å². The second-order valence-corrected chi connectivity index (χ2v) is 5.93. The molecule has 0 radical (unpaired) electrons. The lowest BCUT2D eigenvalue weighted by Gasteiger charge is -2.21. The number of aromatic nitrogens is 1. The molecule has 1 aromatic rings. The lowest BCUT2D eigenvalue weighted by Crippen LogP contribution is -2.37. The minimum absolute atomic E-state index is 0.572. The fourth-order valence-corrected chi connectivity index (χ4v) is 3.24. The predicted octanol–water partition coefficient (Wildman–Crippen LogP) is 2.70. The number of hydrogen-bond donors (Lipinski definition) is 1. The molecule has 1 aliphatic heterocycles. The molecule has 108 valence electrons. The Morgan fingerprint density at radius 3 is 2.53 bits per heavy atom. The quantitative estimate of drug-likeness (QED) is 0.851. The highest BCUT2D eigenvalue weighted by Gasteiger charge is 2.15. The molecule has 0 aromatic carbocycles. The molecule has 1 atom stereocenters. The third kappa shape index (κ3) is 3.61. The first-order valence-electron chi connectivity index (χ1n) is 7.73. The molecule has 0 saturated carbocycles. The maximum Gasteiger partial charge on any atom is 0.0226 e. The Kier molecular flexibility index (Phi) is 5.06. The van der Waals surface area contributed by atoms with E-state index < -0.39 is 0 Å². The highest BCUT2D eigenvalue weighted by Crippen LogP contribution is 2.15. The zero-order valence-corrected chi connectivity index (χ0v) is 13.0. The van der Waals surface area contributed by atoms with Gasteiger partial charge in [-0.1, -0.05) is 0 Å².